The van der Waals surface area contributed by atoms with Crippen molar-refractivity contribution in [3.8, 4) is 0 Å². The highest BCUT2D eigenvalue weighted by Gasteiger charge is 2.33. The van der Waals surface area contributed by atoms with Crippen molar-refractivity contribution in [3.63, 3.8) is 0 Å². The molecule has 88 valence electrons. The molecule has 0 N–H and O–H groups in total. The molecule has 0 aromatic carbocycles. The minimum absolute atomic E-state index is 0.269. The van der Waals surface area contributed by atoms with E-state index < -0.39 is 11.7 Å². The number of anilines is 1. The zero-order chi connectivity index (χ0) is 11.9. The third-order valence-corrected chi connectivity index (χ3v) is 2.79. The highest BCUT2D eigenvalue weighted by molar-refractivity contribution is 5.53. The molecule has 0 amide bonds. The molecule has 2 rings (SSSR count). The molecule has 2 heterocycles. The number of fused-ring (bicyclic) bond motifs is 1. The fourth-order valence-electron chi connectivity index (χ4n) is 1.95. The van der Waals surface area contributed by atoms with Crippen LogP contribution in [-0.4, -0.2) is 17.6 Å². The zero-order valence-corrected chi connectivity index (χ0v) is 9.17. The van der Waals surface area contributed by atoms with E-state index in [1.54, 1.807) is 0 Å². The lowest BCUT2D eigenvalue weighted by Gasteiger charge is -2.22. The van der Waals surface area contributed by atoms with Crippen molar-refractivity contribution in [3.05, 3.63) is 23.4 Å². The monoisotopic (exact) mass is 230 g/mol. The molecule has 0 aliphatic carbocycles. The largest absolute Gasteiger partial charge is 0.417 e. The predicted octanol–water partition coefficient (Wildman–Crippen LogP) is 2.87. The summed E-state index contributed by atoms with van der Waals surface area (Å²) in [7, 11) is 0. The van der Waals surface area contributed by atoms with E-state index in [0.29, 0.717) is 17.8 Å². The third kappa shape index (κ3) is 1.86. The van der Waals surface area contributed by atoms with E-state index in [9.17, 15) is 13.2 Å². The molecule has 0 spiro atoms. The Hall–Kier alpha value is -1.26. The van der Waals surface area contributed by atoms with E-state index in [1.807, 2.05) is 18.7 Å². The Morgan fingerprint density at radius 3 is 2.62 bits per heavy atom. The Balaban J connectivity index is 2.37. The second-order valence-corrected chi connectivity index (χ2v) is 4.24. The number of alkyl halides is 3. The van der Waals surface area contributed by atoms with E-state index >= 15 is 0 Å². The molecule has 1 aliphatic rings. The summed E-state index contributed by atoms with van der Waals surface area (Å²) in [6.07, 6.45) is -2.74. The van der Waals surface area contributed by atoms with Gasteiger partial charge in [-0.1, -0.05) is 0 Å². The molecule has 1 aliphatic heterocycles. The van der Waals surface area contributed by atoms with Crippen molar-refractivity contribution < 1.29 is 13.2 Å². The summed E-state index contributed by atoms with van der Waals surface area (Å²) < 4.78 is 37.4. The molecule has 16 heavy (non-hydrogen) atoms. The Kier molecular flexibility index (Phi) is 2.56. The second-order valence-electron chi connectivity index (χ2n) is 4.24. The lowest BCUT2D eigenvalue weighted by Crippen LogP contribution is -2.29. The summed E-state index contributed by atoms with van der Waals surface area (Å²) in [6, 6.07) is 1.48. The molecule has 1 aromatic heterocycles. The predicted molar refractivity (Wildman–Crippen MR) is 55.4 cm³/mol. The fourth-order valence-corrected chi connectivity index (χ4v) is 1.95. The van der Waals surface area contributed by atoms with Crippen LogP contribution in [-0.2, 0) is 12.6 Å². The number of nitrogens with zero attached hydrogens (tertiary/aromatic N) is 2. The van der Waals surface area contributed by atoms with E-state index in [4.69, 9.17) is 0 Å². The van der Waals surface area contributed by atoms with Gasteiger partial charge in [0.2, 0.25) is 0 Å². The first-order valence-electron chi connectivity index (χ1n) is 5.22. The number of hydrogen-bond donors (Lipinski definition) is 0. The van der Waals surface area contributed by atoms with E-state index in [-0.39, 0.29) is 6.04 Å². The molecule has 0 radical (unpaired) electrons. The Bertz CT molecular complexity index is 399. The van der Waals surface area contributed by atoms with Crippen LogP contribution < -0.4 is 4.90 Å². The molecule has 0 unspecified atom stereocenters. The first-order chi connectivity index (χ1) is 7.39. The Morgan fingerprint density at radius 2 is 2.06 bits per heavy atom. The van der Waals surface area contributed by atoms with Crippen molar-refractivity contribution in [2.24, 2.45) is 0 Å². The van der Waals surface area contributed by atoms with Gasteiger partial charge in [-0.2, -0.15) is 13.2 Å². The van der Waals surface area contributed by atoms with Crippen molar-refractivity contribution in [1.82, 2.24) is 4.98 Å². The van der Waals surface area contributed by atoms with Gasteiger partial charge in [0.25, 0.3) is 0 Å². The molecule has 5 heteroatoms. The summed E-state index contributed by atoms with van der Waals surface area (Å²) >= 11 is 0. The maximum Gasteiger partial charge on any atom is 0.417 e. The number of halogens is 3. The fraction of sp³-hybridized carbons (Fsp3) is 0.545. The van der Waals surface area contributed by atoms with Crippen LogP contribution in [0.1, 0.15) is 25.0 Å². The minimum atomic E-state index is -4.30. The average Bonchev–Trinajstić information content (AvgIpc) is 2.58. The maximum atomic E-state index is 12.5. The summed E-state index contributed by atoms with van der Waals surface area (Å²) in [6.45, 7) is 4.77. The van der Waals surface area contributed by atoms with Crippen LogP contribution >= 0.6 is 0 Å². The summed E-state index contributed by atoms with van der Waals surface area (Å²) in [5.74, 6) is 0.697. The van der Waals surface area contributed by atoms with Gasteiger partial charge in [0.15, 0.2) is 0 Å². The van der Waals surface area contributed by atoms with Gasteiger partial charge in [-0.3, -0.25) is 0 Å². The van der Waals surface area contributed by atoms with Crippen molar-refractivity contribution in [2.75, 3.05) is 11.4 Å². The molecular weight excluding hydrogens is 217 g/mol. The number of rotatable bonds is 1. The van der Waals surface area contributed by atoms with Gasteiger partial charge in [-0.25, -0.2) is 4.98 Å². The van der Waals surface area contributed by atoms with Crippen LogP contribution in [0.15, 0.2) is 12.3 Å². The summed E-state index contributed by atoms with van der Waals surface area (Å²) in [4.78, 5) is 5.96. The molecule has 0 fully saturated rings. The highest BCUT2D eigenvalue weighted by Crippen LogP contribution is 2.34. The van der Waals surface area contributed by atoms with E-state index in [1.165, 1.54) is 6.07 Å². The van der Waals surface area contributed by atoms with Crippen LogP contribution in [0.2, 0.25) is 0 Å². The Morgan fingerprint density at radius 1 is 1.38 bits per heavy atom. The molecule has 0 atom stereocenters. The maximum absolute atomic E-state index is 12.5. The summed E-state index contributed by atoms with van der Waals surface area (Å²) in [5.41, 5.74) is 0.0420. The lowest BCUT2D eigenvalue weighted by molar-refractivity contribution is -0.137. The van der Waals surface area contributed by atoms with Crippen LogP contribution in [0, 0.1) is 0 Å². The van der Waals surface area contributed by atoms with Gasteiger partial charge < -0.3 is 4.90 Å². The van der Waals surface area contributed by atoms with Crippen LogP contribution in [0.4, 0.5) is 19.0 Å². The molecular formula is C11H13F3N2. The standard InChI is InChI=1S/C11H13F3N2/c1-7(2)16-4-3-8-5-9(11(12,13)14)6-15-10(8)16/h5-7H,3-4H2,1-2H3. The molecule has 0 bridgehead atoms. The van der Waals surface area contributed by atoms with E-state index in [2.05, 4.69) is 4.98 Å². The van der Waals surface area contributed by atoms with Gasteiger partial charge in [0.1, 0.15) is 5.82 Å². The first-order valence-corrected chi connectivity index (χ1v) is 5.22. The third-order valence-electron chi connectivity index (χ3n) is 2.79. The van der Waals surface area contributed by atoms with Crippen molar-refractivity contribution in [1.29, 1.82) is 0 Å². The number of pyridine rings is 1. The zero-order valence-electron chi connectivity index (χ0n) is 9.17. The highest BCUT2D eigenvalue weighted by atomic mass is 19.4. The quantitative estimate of drug-likeness (QED) is 0.737. The van der Waals surface area contributed by atoms with Crippen molar-refractivity contribution in [2.45, 2.75) is 32.5 Å². The SMILES string of the molecule is CC(C)N1CCc2cc(C(F)(F)F)cnc21. The van der Waals surface area contributed by atoms with Gasteiger partial charge in [-0.05, 0) is 31.9 Å². The second kappa shape index (κ2) is 3.64. The molecule has 1 aromatic rings. The lowest BCUT2D eigenvalue weighted by atomic mass is 10.1. The van der Waals surface area contributed by atoms with Crippen LogP contribution in [0.25, 0.3) is 0 Å². The Labute approximate surface area is 92.1 Å². The van der Waals surface area contributed by atoms with Crippen molar-refractivity contribution >= 4 is 5.82 Å². The van der Waals surface area contributed by atoms with Gasteiger partial charge in [0.05, 0.1) is 5.56 Å². The van der Waals surface area contributed by atoms with Gasteiger partial charge in [0, 0.05) is 18.8 Å². The average molecular weight is 230 g/mol. The van der Waals surface area contributed by atoms with Crippen LogP contribution in [0.5, 0.6) is 0 Å². The molecule has 0 saturated heterocycles. The first kappa shape index (κ1) is 11.2. The topological polar surface area (TPSA) is 16.1 Å². The number of hydrogen-bond acceptors (Lipinski definition) is 2. The molecule has 0 saturated carbocycles. The van der Waals surface area contributed by atoms with Gasteiger partial charge in [-0.15, -0.1) is 0 Å². The normalized spacial score (nSPS) is 15.8. The number of aromatic nitrogens is 1. The van der Waals surface area contributed by atoms with Crippen LogP contribution in [0.3, 0.4) is 0 Å². The van der Waals surface area contributed by atoms with Gasteiger partial charge >= 0.3 is 6.18 Å². The minimum Gasteiger partial charge on any atom is -0.354 e. The smallest absolute Gasteiger partial charge is 0.354 e. The van der Waals surface area contributed by atoms with E-state index in [0.717, 1.165) is 12.7 Å². The molecule has 2 nitrogen and oxygen atoms in total. The summed E-state index contributed by atoms with van der Waals surface area (Å²) in [5, 5.41) is 0.